The largest absolute Gasteiger partial charge is 0.379 e. The van der Waals surface area contributed by atoms with Crippen LogP contribution >= 0.6 is 0 Å². The highest BCUT2D eigenvalue weighted by atomic mass is 16.5. The van der Waals surface area contributed by atoms with Gasteiger partial charge in [-0.15, -0.1) is 0 Å². The predicted molar refractivity (Wildman–Crippen MR) is 55.4 cm³/mol. The van der Waals surface area contributed by atoms with E-state index >= 15 is 0 Å². The van der Waals surface area contributed by atoms with E-state index in [0.29, 0.717) is 6.04 Å². The van der Waals surface area contributed by atoms with Gasteiger partial charge in [0, 0.05) is 12.6 Å². The number of nitrogens with one attached hydrogen (secondary N) is 1. The smallest absolute Gasteiger partial charge is 0.0680 e. The van der Waals surface area contributed by atoms with E-state index in [1.807, 2.05) is 0 Å². The maximum atomic E-state index is 5.43. The maximum absolute atomic E-state index is 5.43. The van der Waals surface area contributed by atoms with Crippen LogP contribution in [-0.2, 0) is 9.47 Å². The van der Waals surface area contributed by atoms with Gasteiger partial charge in [0.05, 0.1) is 26.4 Å². The number of hydrogen-bond donors (Lipinski definition) is 1. The Kier molecular flexibility index (Phi) is 3.56. The van der Waals surface area contributed by atoms with Gasteiger partial charge in [-0.05, 0) is 25.3 Å². The van der Waals surface area contributed by atoms with Crippen LogP contribution in [0.25, 0.3) is 0 Å². The van der Waals surface area contributed by atoms with Gasteiger partial charge in [0.15, 0.2) is 0 Å². The summed E-state index contributed by atoms with van der Waals surface area (Å²) in [6.45, 7) is 6.67. The van der Waals surface area contributed by atoms with Crippen molar-refractivity contribution in [3.05, 3.63) is 11.1 Å². The van der Waals surface area contributed by atoms with Crippen LogP contribution in [0.15, 0.2) is 11.1 Å². The summed E-state index contributed by atoms with van der Waals surface area (Å²) in [6.07, 6.45) is 2.23. The van der Waals surface area contributed by atoms with E-state index in [1.165, 1.54) is 11.1 Å². The third-order valence-electron chi connectivity index (χ3n) is 2.98. The van der Waals surface area contributed by atoms with Crippen molar-refractivity contribution < 1.29 is 9.47 Å². The zero-order chi connectivity index (χ0) is 9.80. The summed E-state index contributed by atoms with van der Waals surface area (Å²) in [6, 6.07) is 0.511. The second-order valence-electron chi connectivity index (χ2n) is 4.12. The summed E-state index contributed by atoms with van der Waals surface area (Å²) < 4.78 is 10.8. The molecular formula is C11H19NO2. The average Bonchev–Trinajstić information content (AvgIpc) is 2.72. The van der Waals surface area contributed by atoms with Gasteiger partial charge < -0.3 is 14.8 Å². The molecule has 0 aromatic heterocycles. The number of rotatable bonds is 2. The van der Waals surface area contributed by atoms with E-state index in [-0.39, 0.29) is 0 Å². The molecule has 2 fully saturated rings. The SMILES string of the molecule is CC(CC1COCCN1)=C1CCOC1. The monoisotopic (exact) mass is 197 g/mol. The maximum Gasteiger partial charge on any atom is 0.0680 e. The van der Waals surface area contributed by atoms with Gasteiger partial charge in [-0.25, -0.2) is 0 Å². The first-order chi connectivity index (χ1) is 6.86. The van der Waals surface area contributed by atoms with Crippen LogP contribution in [0.2, 0.25) is 0 Å². The molecule has 1 N–H and O–H groups in total. The molecule has 2 aliphatic rings. The molecular weight excluding hydrogens is 178 g/mol. The molecule has 3 heteroatoms. The Morgan fingerprint density at radius 3 is 3.00 bits per heavy atom. The first-order valence-corrected chi connectivity index (χ1v) is 5.42. The summed E-state index contributed by atoms with van der Waals surface area (Å²) in [5.74, 6) is 0. The van der Waals surface area contributed by atoms with Crippen molar-refractivity contribution in [1.29, 1.82) is 0 Å². The molecule has 2 aliphatic heterocycles. The molecule has 1 unspecified atom stereocenters. The minimum Gasteiger partial charge on any atom is -0.379 e. The lowest BCUT2D eigenvalue weighted by molar-refractivity contribution is 0.0769. The van der Waals surface area contributed by atoms with Crippen molar-refractivity contribution in [2.75, 3.05) is 33.0 Å². The number of morpholine rings is 1. The molecule has 0 bridgehead atoms. The first kappa shape index (κ1) is 10.1. The topological polar surface area (TPSA) is 30.5 Å². The Morgan fingerprint density at radius 1 is 1.43 bits per heavy atom. The standard InChI is InChI=1S/C11H19NO2/c1-9(10-2-4-13-7-10)6-11-8-14-5-3-12-11/h11-12H,2-8H2,1H3. The van der Waals surface area contributed by atoms with Gasteiger partial charge in [0.25, 0.3) is 0 Å². The van der Waals surface area contributed by atoms with Gasteiger partial charge in [-0.1, -0.05) is 5.57 Å². The molecule has 0 amide bonds. The molecule has 2 rings (SSSR count). The van der Waals surface area contributed by atoms with Gasteiger partial charge in [-0.2, -0.15) is 0 Å². The van der Waals surface area contributed by atoms with E-state index in [0.717, 1.165) is 45.8 Å². The summed E-state index contributed by atoms with van der Waals surface area (Å²) in [4.78, 5) is 0. The molecule has 2 heterocycles. The number of ether oxygens (including phenoxy) is 2. The fourth-order valence-electron chi connectivity index (χ4n) is 2.06. The molecule has 80 valence electrons. The number of hydrogen-bond acceptors (Lipinski definition) is 3. The fourth-order valence-corrected chi connectivity index (χ4v) is 2.06. The van der Waals surface area contributed by atoms with Crippen molar-refractivity contribution in [2.45, 2.75) is 25.8 Å². The molecule has 1 atom stereocenters. The summed E-state index contributed by atoms with van der Waals surface area (Å²) >= 11 is 0. The van der Waals surface area contributed by atoms with Crippen LogP contribution in [0.5, 0.6) is 0 Å². The van der Waals surface area contributed by atoms with Gasteiger partial charge >= 0.3 is 0 Å². The van der Waals surface area contributed by atoms with Crippen molar-refractivity contribution in [1.82, 2.24) is 5.32 Å². The molecule has 3 nitrogen and oxygen atoms in total. The Balaban J connectivity index is 1.85. The van der Waals surface area contributed by atoms with E-state index in [9.17, 15) is 0 Å². The van der Waals surface area contributed by atoms with E-state index in [1.54, 1.807) is 0 Å². The molecule has 0 radical (unpaired) electrons. The third-order valence-corrected chi connectivity index (χ3v) is 2.98. The van der Waals surface area contributed by atoms with E-state index in [4.69, 9.17) is 9.47 Å². The van der Waals surface area contributed by atoms with Crippen molar-refractivity contribution in [3.8, 4) is 0 Å². The molecule has 0 aromatic rings. The van der Waals surface area contributed by atoms with Gasteiger partial charge in [0.1, 0.15) is 0 Å². The predicted octanol–water partition coefficient (Wildman–Crippen LogP) is 1.10. The fraction of sp³-hybridized carbons (Fsp3) is 0.818. The Bertz CT molecular complexity index is 211. The van der Waals surface area contributed by atoms with Crippen LogP contribution < -0.4 is 5.32 Å². The van der Waals surface area contributed by atoms with Crippen LogP contribution in [0, 0.1) is 0 Å². The second-order valence-corrected chi connectivity index (χ2v) is 4.12. The molecule has 2 saturated heterocycles. The van der Waals surface area contributed by atoms with Crippen LogP contribution in [0.1, 0.15) is 19.8 Å². The summed E-state index contributed by atoms with van der Waals surface area (Å²) in [5, 5.41) is 3.47. The summed E-state index contributed by atoms with van der Waals surface area (Å²) in [5.41, 5.74) is 2.99. The third kappa shape index (κ3) is 2.56. The highest BCUT2D eigenvalue weighted by Crippen LogP contribution is 2.19. The zero-order valence-corrected chi connectivity index (χ0v) is 8.84. The lowest BCUT2D eigenvalue weighted by atomic mass is 10.0. The molecule has 0 spiro atoms. The average molecular weight is 197 g/mol. The lowest BCUT2D eigenvalue weighted by Crippen LogP contribution is -2.41. The Labute approximate surface area is 85.5 Å². The first-order valence-electron chi connectivity index (χ1n) is 5.42. The Hall–Kier alpha value is -0.380. The lowest BCUT2D eigenvalue weighted by Gasteiger charge is -2.24. The van der Waals surface area contributed by atoms with Gasteiger partial charge in [0.2, 0.25) is 0 Å². The Morgan fingerprint density at radius 2 is 2.36 bits per heavy atom. The van der Waals surface area contributed by atoms with E-state index in [2.05, 4.69) is 12.2 Å². The van der Waals surface area contributed by atoms with Crippen LogP contribution in [0.4, 0.5) is 0 Å². The minimum atomic E-state index is 0.511. The van der Waals surface area contributed by atoms with Crippen molar-refractivity contribution in [2.24, 2.45) is 0 Å². The highest BCUT2D eigenvalue weighted by Gasteiger charge is 2.16. The normalized spacial score (nSPS) is 31.9. The minimum absolute atomic E-state index is 0.511. The zero-order valence-electron chi connectivity index (χ0n) is 8.84. The molecule has 0 aromatic carbocycles. The molecule has 0 saturated carbocycles. The summed E-state index contributed by atoms with van der Waals surface area (Å²) in [7, 11) is 0. The van der Waals surface area contributed by atoms with Crippen LogP contribution in [0.3, 0.4) is 0 Å². The van der Waals surface area contributed by atoms with Gasteiger partial charge in [-0.3, -0.25) is 0 Å². The molecule has 14 heavy (non-hydrogen) atoms. The van der Waals surface area contributed by atoms with Crippen LogP contribution in [-0.4, -0.2) is 39.0 Å². The second kappa shape index (κ2) is 4.91. The van der Waals surface area contributed by atoms with Crippen molar-refractivity contribution >= 4 is 0 Å². The van der Waals surface area contributed by atoms with E-state index < -0.39 is 0 Å². The molecule has 0 aliphatic carbocycles. The quantitative estimate of drug-likeness (QED) is 0.672. The highest BCUT2D eigenvalue weighted by molar-refractivity contribution is 5.16. The van der Waals surface area contributed by atoms with Crippen molar-refractivity contribution in [3.63, 3.8) is 0 Å².